The van der Waals surface area contributed by atoms with E-state index in [1.54, 1.807) is 19.2 Å². The molecule has 0 radical (unpaired) electrons. The Morgan fingerprint density at radius 3 is 2.70 bits per heavy atom. The number of carbonyl (C=O) groups is 1. The lowest BCUT2D eigenvalue weighted by Gasteiger charge is -2.07. The fourth-order valence-electron chi connectivity index (χ4n) is 1.51. The van der Waals surface area contributed by atoms with Gasteiger partial charge in [-0.1, -0.05) is 6.07 Å². The van der Waals surface area contributed by atoms with Gasteiger partial charge in [-0.05, 0) is 24.3 Å². The smallest absolute Gasteiger partial charge is 0.276 e. The fourth-order valence-corrected chi connectivity index (χ4v) is 1.51. The van der Waals surface area contributed by atoms with Gasteiger partial charge >= 0.3 is 0 Å². The second-order valence-corrected chi connectivity index (χ2v) is 3.78. The number of nitrogens with zero attached hydrogens (tertiary/aromatic N) is 3. The fraction of sp³-hybridized carbons (Fsp3) is 0.0769. The van der Waals surface area contributed by atoms with Gasteiger partial charge in [0.05, 0.1) is 5.69 Å². The number of halogens is 1. The molecule has 0 saturated heterocycles. The number of carbonyl (C=O) groups excluding carboxylic acids is 1. The molecule has 0 aliphatic rings. The van der Waals surface area contributed by atoms with Crippen molar-refractivity contribution in [3.05, 3.63) is 47.4 Å². The Morgan fingerprint density at radius 2 is 2.10 bits per heavy atom. The number of amides is 1. The lowest BCUT2D eigenvalue weighted by atomic mass is 10.2. The van der Waals surface area contributed by atoms with Gasteiger partial charge in [0.2, 0.25) is 0 Å². The number of aromatic nitrogens is 2. The molecule has 2 aromatic rings. The largest absolute Gasteiger partial charge is 0.372 e. The van der Waals surface area contributed by atoms with Gasteiger partial charge in [0.1, 0.15) is 23.3 Å². The molecule has 0 unspecified atom stereocenters. The normalized spacial score (nSPS) is 9.65. The summed E-state index contributed by atoms with van der Waals surface area (Å²) >= 11 is 0. The molecule has 20 heavy (non-hydrogen) atoms. The Labute approximate surface area is 114 Å². The highest BCUT2D eigenvalue weighted by atomic mass is 19.1. The summed E-state index contributed by atoms with van der Waals surface area (Å²) in [5.74, 6) is -0.741. The van der Waals surface area contributed by atoms with Crippen LogP contribution in [-0.4, -0.2) is 23.2 Å². The molecular formula is C13H10FN5O. The van der Waals surface area contributed by atoms with Gasteiger partial charge < -0.3 is 10.6 Å². The Hall–Kier alpha value is -3.01. The van der Waals surface area contributed by atoms with E-state index in [-0.39, 0.29) is 16.9 Å². The molecule has 0 aliphatic heterocycles. The zero-order valence-electron chi connectivity index (χ0n) is 10.5. The first-order chi connectivity index (χ1) is 9.65. The second-order valence-electron chi connectivity index (χ2n) is 3.78. The van der Waals surface area contributed by atoms with Crippen molar-refractivity contribution in [2.75, 3.05) is 17.7 Å². The summed E-state index contributed by atoms with van der Waals surface area (Å²) in [5.41, 5.74) is -0.0604. The van der Waals surface area contributed by atoms with E-state index >= 15 is 0 Å². The third-order valence-electron chi connectivity index (χ3n) is 2.53. The van der Waals surface area contributed by atoms with Crippen molar-refractivity contribution in [2.24, 2.45) is 0 Å². The van der Waals surface area contributed by atoms with Gasteiger partial charge in [0, 0.05) is 7.05 Å². The number of nitrogens with one attached hydrogen (secondary N) is 2. The summed E-state index contributed by atoms with van der Waals surface area (Å²) in [7, 11) is 1.68. The predicted molar refractivity (Wildman–Crippen MR) is 70.6 cm³/mol. The molecule has 1 aromatic heterocycles. The van der Waals surface area contributed by atoms with Crippen LogP contribution in [0.1, 0.15) is 16.1 Å². The number of rotatable bonds is 3. The first kappa shape index (κ1) is 13.4. The predicted octanol–water partition coefficient (Wildman–Crippen LogP) is 1.78. The molecule has 0 bridgehead atoms. The SMILES string of the molecule is CNc1ccc(C(=O)Nc2cccc(F)c2C#N)nn1. The van der Waals surface area contributed by atoms with Gasteiger partial charge in [-0.3, -0.25) is 4.79 Å². The van der Waals surface area contributed by atoms with Crippen molar-refractivity contribution in [3.63, 3.8) is 0 Å². The van der Waals surface area contributed by atoms with E-state index in [1.807, 2.05) is 0 Å². The van der Waals surface area contributed by atoms with Crippen LogP contribution >= 0.6 is 0 Å². The summed E-state index contributed by atoms with van der Waals surface area (Å²) in [6.07, 6.45) is 0. The monoisotopic (exact) mass is 271 g/mol. The van der Waals surface area contributed by atoms with E-state index in [1.165, 1.54) is 18.2 Å². The minimum Gasteiger partial charge on any atom is -0.372 e. The highest BCUT2D eigenvalue weighted by Crippen LogP contribution is 2.18. The van der Waals surface area contributed by atoms with Crippen LogP contribution in [0.4, 0.5) is 15.9 Å². The van der Waals surface area contributed by atoms with E-state index < -0.39 is 11.7 Å². The van der Waals surface area contributed by atoms with Crippen molar-refractivity contribution in [1.29, 1.82) is 5.26 Å². The number of anilines is 2. The second kappa shape index (κ2) is 5.75. The Bertz CT molecular complexity index is 678. The van der Waals surface area contributed by atoms with Crippen molar-refractivity contribution in [1.82, 2.24) is 10.2 Å². The van der Waals surface area contributed by atoms with Gasteiger partial charge in [0.25, 0.3) is 5.91 Å². The molecular weight excluding hydrogens is 261 g/mol. The van der Waals surface area contributed by atoms with E-state index in [2.05, 4.69) is 20.8 Å². The van der Waals surface area contributed by atoms with Crippen LogP contribution < -0.4 is 10.6 Å². The maximum absolute atomic E-state index is 13.4. The van der Waals surface area contributed by atoms with Crippen LogP contribution in [-0.2, 0) is 0 Å². The average Bonchev–Trinajstić information content (AvgIpc) is 2.47. The van der Waals surface area contributed by atoms with Crippen LogP contribution in [0.5, 0.6) is 0 Å². The van der Waals surface area contributed by atoms with Crippen LogP contribution in [0.25, 0.3) is 0 Å². The van der Waals surface area contributed by atoms with Crippen LogP contribution in [0.3, 0.4) is 0 Å². The maximum atomic E-state index is 13.4. The van der Waals surface area contributed by atoms with Crippen molar-refractivity contribution >= 4 is 17.4 Å². The van der Waals surface area contributed by atoms with E-state index in [9.17, 15) is 9.18 Å². The lowest BCUT2D eigenvalue weighted by Crippen LogP contribution is -2.15. The van der Waals surface area contributed by atoms with E-state index in [4.69, 9.17) is 5.26 Å². The zero-order valence-corrected chi connectivity index (χ0v) is 10.5. The summed E-state index contributed by atoms with van der Waals surface area (Å²) in [5, 5.41) is 21.6. The summed E-state index contributed by atoms with van der Waals surface area (Å²) in [6.45, 7) is 0. The molecule has 0 atom stereocenters. The molecule has 0 saturated carbocycles. The number of benzene rings is 1. The lowest BCUT2D eigenvalue weighted by molar-refractivity contribution is 0.102. The van der Waals surface area contributed by atoms with Crippen LogP contribution in [0.2, 0.25) is 0 Å². The third-order valence-corrected chi connectivity index (χ3v) is 2.53. The molecule has 100 valence electrons. The van der Waals surface area contributed by atoms with Crippen molar-refractivity contribution in [2.45, 2.75) is 0 Å². The Kier molecular flexibility index (Phi) is 3.86. The Balaban J connectivity index is 2.23. The van der Waals surface area contributed by atoms with Crippen LogP contribution in [0.15, 0.2) is 30.3 Å². The molecule has 2 N–H and O–H groups in total. The summed E-state index contributed by atoms with van der Waals surface area (Å²) < 4.78 is 13.4. The molecule has 6 nitrogen and oxygen atoms in total. The Morgan fingerprint density at radius 1 is 1.30 bits per heavy atom. The van der Waals surface area contributed by atoms with Crippen LogP contribution in [0, 0.1) is 17.1 Å². The maximum Gasteiger partial charge on any atom is 0.276 e. The third kappa shape index (κ3) is 2.70. The first-order valence-corrected chi connectivity index (χ1v) is 5.67. The molecule has 0 aliphatic carbocycles. The standard InChI is InChI=1S/C13H10FN5O/c1-16-12-6-5-11(18-19-12)13(20)17-10-4-2-3-9(14)8(10)7-15/h2-6H,1H3,(H,16,19)(H,17,20). The molecule has 1 amide bonds. The summed E-state index contributed by atoms with van der Waals surface area (Å²) in [6, 6.07) is 8.75. The highest BCUT2D eigenvalue weighted by molar-refractivity contribution is 6.03. The zero-order chi connectivity index (χ0) is 14.5. The number of hydrogen-bond acceptors (Lipinski definition) is 5. The minimum absolute atomic E-state index is 0.0668. The van der Waals surface area contributed by atoms with E-state index in [0.717, 1.165) is 6.07 Å². The number of hydrogen-bond donors (Lipinski definition) is 2. The van der Waals surface area contributed by atoms with Gasteiger partial charge in [-0.2, -0.15) is 5.26 Å². The summed E-state index contributed by atoms with van der Waals surface area (Å²) in [4.78, 5) is 11.9. The highest BCUT2D eigenvalue weighted by Gasteiger charge is 2.13. The number of nitriles is 1. The molecule has 2 rings (SSSR count). The van der Waals surface area contributed by atoms with Gasteiger partial charge in [0.15, 0.2) is 5.69 Å². The van der Waals surface area contributed by atoms with E-state index in [0.29, 0.717) is 5.82 Å². The van der Waals surface area contributed by atoms with Crippen molar-refractivity contribution in [3.8, 4) is 6.07 Å². The van der Waals surface area contributed by atoms with Gasteiger partial charge in [-0.25, -0.2) is 4.39 Å². The van der Waals surface area contributed by atoms with Crippen molar-refractivity contribution < 1.29 is 9.18 Å². The average molecular weight is 271 g/mol. The first-order valence-electron chi connectivity index (χ1n) is 5.67. The molecule has 7 heteroatoms. The molecule has 1 aromatic carbocycles. The minimum atomic E-state index is -0.693. The molecule has 1 heterocycles. The molecule has 0 spiro atoms. The quantitative estimate of drug-likeness (QED) is 0.888. The molecule has 0 fully saturated rings. The van der Waals surface area contributed by atoms with Gasteiger partial charge in [-0.15, -0.1) is 10.2 Å². The topological polar surface area (TPSA) is 90.7 Å².